The second-order valence-corrected chi connectivity index (χ2v) is 3.27. The fourth-order valence-electron chi connectivity index (χ4n) is 1.36. The normalized spacial score (nSPS) is 9.81. The van der Waals surface area contributed by atoms with Crippen LogP contribution >= 0.6 is 0 Å². The van der Waals surface area contributed by atoms with Crippen molar-refractivity contribution in [3.8, 4) is 0 Å². The van der Waals surface area contributed by atoms with E-state index >= 15 is 0 Å². The van der Waals surface area contributed by atoms with Gasteiger partial charge in [0, 0.05) is 18.6 Å². The summed E-state index contributed by atoms with van der Waals surface area (Å²) in [5.74, 6) is -1.47. The molecule has 1 heterocycles. The maximum absolute atomic E-state index is 11.0. The second-order valence-electron chi connectivity index (χ2n) is 3.27. The van der Waals surface area contributed by atoms with Crippen molar-refractivity contribution in [2.75, 3.05) is 7.11 Å². The maximum Gasteiger partial charge on any atom is 0.306 e. The summed E-state index contributed by atoms with van der Waals surface area (Å²) in [6.07, 6.45) is 2.32. The molecule has 0 aliphatic rings. The van der Waals surface area contributed by atoms with Crippen LogP contribution in [-0.2, 0) is 27.3 Å². The van der Waals surface area contributed by atoms with E-state index in [1.807, 2.05) is 0 Å². The zero-order chi connectivity index (χ0) is 12.0. The Hall–Kier alpha value is -1.91. The lowest BCUT2D eigenvalue weighted by atomic mass is 10.2. The first-order valence-corrected chi connectivity index (χ1v) is 4.87. The van der Waals surface area contributed by atoms with E-state index in [1.54, 1.807) is 24.4 Å². The largest absolute Gasteiger partial charge is 0.544 e. The molecule has 5 nitrogen and oxygen atoms in total. The Morgan fingerprint density at radius 1 is 1.44 bits per heavy atom. The lowest BCUT2D eigenvalue weighted by Gasteiger charge is -2.03. The zero-order valence-corrected chi connectivity index (χ0v) is 9.01. The molecule has 0 N–H and O–H groups in total. The highest BCUT2D eigenvalue weighted by atomic mass is 16.5. The van der Waals surface area contributed by atoms with E-state index in [0.717, 1.165) is 5.69 Å². The topological polar surface area (TPSA) is 70.3 Å². The van der Waals surface area contributed by atoms with Crippen LogP contribution in [0.2, 0.25) is 0 Å². The number of rotatable bonds is 5. The van der Waals surface area contributed by atoms with E-state index in [1.165, 1.54) is 11.7 Å². The average molecular weight is 223 g/mol. The molecule has 16 heavy (non-hydrogen) atoms. The molecule has 0 aliphatic heterocycles. The van der Waals surface area contributed by atoms with Crippen LogP contribution in [0.1, 0.15) is 12.1 Å². The van der Waals surface area contributed by atoms with E-state index in [-0.39, 0.29) is 18.9 Å². The van der Waals surface area contributed by atoms with Gasteiger partial charge < -0.3 is 14.6 Å². The van der Waals surface area contributed by atoms with Crippen LogP contribution in [-0.4, -0.2) is 19.0 Å². The van der Waals surface area contributed by atoms with Crippen molar-refractivity contribution >= 4 is 11.9 Å². The minimum Gasteiger partial charge on any atom is -0.544 e. The lowest BCUT2D eigenvalue weighted by molar-refractivity contribution is -0.698. The van der Waals surface area contributed by atoms with Crippen molar-refractivity contribution in [3.63, 3.8) is 0 Å². The maximum atomic E-state index is 11.0. The molecule has 1 aromatic rings. The van der Waals surface area contributed by atoms with Crippen molar-refractivity contribution in [2.24, 2.45) is 0 Å². The van der Waals surface area contributed by atoms with Gasteiger partial charge in [-0.15, -0.1) is 0 Å². The standard InChI is InChI=1S/C11H13NO4/c1-16-11(15)6-5-9-4-2-3-7-12(9)8-10(13)14/h2-4,7H,5-6,8H2,1H3. The summed E-state index contributed by atoms with van der Waals surface area (Å²) in [6.45, 7) is -0.211. The third kappa shape index (κ3) is 3.68. The number of ether oxygens (including phenoxy) is 1. The lowest BCUT2D eigenvalue weighted by Crippen LogP contribution is -2.46. The van der Waals surface area contributed by atoms with Crippen LogP contribution in [0.5, 0.6) is 0 Å². The number of carbonyl (C=O) groups excluding carboxylic acids is 2. The number of aryl methyl sites for hydroxylation is 1. The smallest absolute Gasteiger partial charge is 0.306 e. The van der Waals surface area contributed by atoms with Crippen LogP contribution in [0, 0.1) is 0 Å². The Kier molecular flexibility index (Phi) is 4.44. The summed E-state index contributed by atoms with van der Waals surface area (Å²) in [5, 5.41) is 10.5. The number of carboxylic acid groups (broad SMARTS) is 1. The number of esters is 1. The molecule has 86 valence electrons. The zero-order valence-electron chi connectivity index (χ0n) is 9.01. The molecule has 1 aromatic heterocycles. The Bertz CT molecular complexity index is 389. The average Bonchev–Trinajstić information content (AvgIpc) is 2.26. The van der Waals surface area contributed by atoms with Crippen molar-refractivity contribution < 1.29 is 24.0 Å². The number of hydrogen-bond donors (Lipinski definition) is 0. The number of nitrogens with zero attached hydrogens (tertiary/aromatic N) is 1. The summed E-state index contributed by atoms with van der Waals surface area (Å²) >= 11 is 0. The molecule has 0 atom stereocenters. The third-order valence-corrected chi connectivity index (χ3v) is 2.15. The molecule has 0 bridgehead atoms. The van der Waals surface area contributed by atoms with Gasteiger partial charge in [-0.1, -0.05) is 6.07 Å². The van der Waals surface area contributed by atoms with Crippen molar-refractivity contribution in [3.05, 3.63) is 30.1 Å². The fraction of sp³-hybridized carbons (Fsp3) is 0.364. The first-order chi connectivity index (χ1) is 7.63. The summed E-state index contributed by atoms with van der Waals surface area (Å²) in [4.78, 5) is 21.5. The van der Waals surface area contributed by atoms with Gasteiger partial charge in [0.05, 0.1) is 13.5 Å². The van der Waals surface area contributed by atoms with Gasteiger partial charge in [0.15, 0.2) is 18.4 Å². The third-order valence-electron chi connectivity index (χ3n) is 2.15. The monoisotopic (exact) mass is 223 g/mol. The molecule has 0 amide bonds. The van der Waals surface area contributed by atoms with Gasteiger partial charge in [-0.3, -0.25) is 4.79 Å². The number of methoxy groups -OCH3 is 1. The number of hydrogen-bond acceptors (Lipinski definition) is 4. The minimum absolute atomic E-state index is 0.211. The number of aromatic nitrogens is 1. The Labute approximate surface area is 93.3 Å². The number of carboxylic acids is 1. The van der Waals surface area contributed by atoms with Gasteiger partial charge >= 0.3 is 5.97 Å². The Balaban J connectivity index is 2.70. The highest BCUT2D eigenvalue weighted by molar-refractivity contribution is 5.69. The number of pyridine rings is 1. The van der Waals surface area contributed by atoms with Crippen LogP contribution in [0.4, 0.5) is 0 Å². The van der Waals surface area contributed by atoms with Crippen molar-refractivity contribution in [1.29, 1.82) is 0 Å². The van der Waals surface area contributed by atoms with Crippen LogP contribution in [0.15, 0.2) is 24.4 Å². The first-order valence-electron chi connectivity index (χ1n) is 4.87. The summed E-state index contributed by atoms with van der Waals surface area (Å²) in [7, 11) is 1.32. The van der Waals surface area contributed by atoms with E-state index in [2.05, 4.69) is 4.74 Å². The van der Waals surface area contributed by atoms with E-state index in [9.17, 15) is 14.7 Å². The van der Waals surface area contributed by atoms with Crippen molar-refractivity contribution in [2.45, 2.75) is 19.4 Å². The van der Waals surface area contributed by atoms with Crippen LogP contribution in [0.3, 0.4) is 0 Å². The first kappa shape index (κ1) is 12.2. The van der Waals surface area contributed by atoms with Crippen LogP contribution in [0.25, 0.3) is 0 Å². The highest BCUT2D eigenvalue weighted by Gasteiger charge is 2.11. The molecule has 5 heteroatoms. The summed E-state index contributed by atoms with van der Waals surface area (Å²) in [6, 6.07) is 5.29. The molecular formula is C11H13NO4. The number of aliphatic carboxylic acids is 1. The fourth-order valence-corrected chi connectivity index (χ4v) is 1.36. The molecule has 1 rings (SSSR count). The van der Waals surface area contributed by atoms with Gasteiger partial charge in [0.25, 0.3) is 0 Å². The quantitative estimate of drug-likeness (QED) is 0.466. The van der Waals surface area contributed by atoms with Crippen LogP contribution < -0.4 is 9.67 Å². The predicted octanol–water partition coefficient (Wildman–Crippen LogP) is -1.17. The van der Waals surface area contributed by atoms with E-state index in [0.29, 0.717) is 6.42 Å². The molecule has 0 fully saturated rings. The molecule has 0 spiro atoms. The molecule has 0 radical (unpaired) electrons. The minimum atomic E-state index is -1.16. The second kappa shape index (κ2) is 5.85. The predicted molar refractivity (Wildman–Crippen MR) is 52.0 cm³/mol. The van der Waals surface area contributed by atoms with Gasteiger partial charge in [0.1, 0.15) is 5.97 Å². The van der Waals surface area contributed by atoms with E-state index in [4.69, 9.17) is 0 Å². The van der Waals surface area contributed by atoms with Gasteiger partial charge in [-0.25, -0.2) is 0 Å². The molecule has 0 saturated heterocycles. The molecule has 0 saturated carbocycles. The van der Waals surface area contributed by atoms with Gasteiger partial charge in [-0.2, -0.15) is 4.57 Å². The SMILES string of the molecule is COC(=O)CCc1cccc[n+]1CC(=O)[O-]. The Morgan fingerprint density at radius 3 is 2.81 bits per heavy atom. The molecule has 0 unspecified atom stereocenters. The highest BCUT2D eigenvalue weighted by Crippen LogP contribution is 1.98. The van der Waals surface area contributed by atoms with E-state index < -0.39 is 5.97 Å². The van der Waals surface area contributed by atoms with Crippen molar-refractivity contribution in [1.82, 2.24) is 0 Å². The molecular weight excluding hydrogens is 210 g/mol. The Morgan fingerprint density at radius 2 is 2.19 bits per heavy atom. The van der Waals surface area contributed by atoms with Gasteiger partial charge in [-0.05, 0) is 0 Å². The summed E-state index contributed by atoms with van der Waals surface area (Å²) in [5.41, 5.74) is 0.761. The molecule has 0 aromatic carbocycles. The molecule has 0 aliphatic carbocycles. The van der Waals surface area contributed by atoms with Gasteiger partial charge in [0.2, 0.25) is 0 Å². The summed E-state index contributed by atoms with van der Waals surface area (Å²) < 4.78 is 6.06. The number of carbonyl (C=O) groups is 2.